The molecule has 11 rings (SSSR count). The Kier molecular flexibility index (Phi) is 7.45. The van der Waals surface area contributed by atoms with Crippen LogP contribution in [0.3, 0.4) is 0 Å². The Hall–Kier alpha value is -6.82. The highest BCUT2D eigenvalue weighted by atomic mass is 15.3. The maximum atomic E-state index is 4.88. The van der Waals surface area contributed by atoms with Gasteiger partial charge in [0.05, 0.1) is 29.5 Å². The number of hydrogen-bond donors (Lipinski definition) is 0. The minimum Gasteiger partial charge on any atom is -0.268 e. The summed E-state index contributed by atoms with van der Waals surface area (Å²) >= 11 is 0. The lowest BCUT2D eigenvalue weighted by atomic mass is 10.0. The van der Waals surface area contributed by atoms with Gasteiger partial charge in [-0.05, 0) is 74.2 Å². The first-order valence-electron chi connectivity index (χ1n) is 17.9. The molecule has 0 unspecified atom stereocenters. The van der Waals surface area contributed by atoms with Crippen LogP contribution < -0.4 is 0 Å². The third-order valence-electron chi connectivity index (χ3n) is 10.1. The predicted molar refractivity (Wildman–Crippen MR) is 203 cm³/mol. The number of benzene rings is 1. The summed E-state index contributed by atoms with van der Waals surface area (Å²) in [7, 11) is 1.91. The van der Waals surface area contributed by atoms with E-state index >= 15 is 0 Å². The Morgan fingerprint density at radius 3 is 1.68 bits per heavy atom. The molecule has 258 valence electrons. The molecule has 0 saturated heterocycles. The molecule has 2 aliphatic heterocycles. The molecule has 0 spiro atoms. The summed E-state index contributed by atoms with van der Waals surface area (Å²) in [6, 6.07) is 26.3. The minimum absolute atomic E-state index is 0.850. The molecule has 0 amide bonds. The largest absolute Gasteiger partial charge is 0.268 e. The fourth-order valence-corrected chi connectivity index (χ4v) is 7.63. The van der Waals surface area contributed by atoms with Gasteiger partial charge in [-0.25, -0.2) is 14.6 Å². The molecule has 9 aromatic rings. The standard InChI is InChI=1S/C23H18N6.C18H16N6/c1-2-7-18(8-3-1)29-23-17(15-26-29)13-16(14-25-23)21-20-10-6-12-28(20)27-22(21)19-9-4-5-11-24-19;1-23-18-13(11-21-23)9-12(10-20-18)16-15-6-4-8-24(15)22-17(16)14-5-2-3-7-19-14/h1-5,7-9,11,13-15H,6,10,12H2;2-3,5,7,9-11H,4,6,8H2,1H3. The molecule has 0 fully saturated rings. The van der Waals surface area contributed by atoms with E-state index in [4.69, 9.17) is 15.2 Å². The number of aromatic nitrogens is 12. The zero-order chi connectivity index (χ0) is 35.3. The molecule has 53 heavy (non-hydrogen) atoms. The topological polar surface area (TPSA) is 123 Å². The van der Waals surface area contributed by atoms with Crippen LogP contribution in [0, 0.1) is 0 Å². The summed E-state index contributed by atoms with van der Waals surface area (Å²) < 4.78 is 7.91. The average molecular weight is 695 g/mol. The van der Waals surface area contributed by atoms with E-state index in [2.05, 4.69) is 46.6 Å². The molecule has 10 heterocycles. The first-order valence-corrected chi connectivity index (χ1v) is 17.9. The van der Waals surface area contributed by atoms with Crippen LogP contribution in [0.2, 0.25) is 0 Å². The average Bonchev–Trinajstić information content (AvgIpc) is 4.07. The van der Waals surface area contributed by atoms with E-state index in [0.29, 0.717) is 0 Å². The van der Waals surface area contributed by atoms with Crippen molar-refractivity contribution in [1.29, 1.82) is 0 Å². The van der Waals surface area contributed by atoms with Crippen molar-refractivity contribution in [3.63, 3.8) is 0 Å². The van der Waals surface area contributed by atoms with Gasteiger partial charge in [0.15, 0.2) is 11.3 Å². The highest BCUT2D eigenvalue weighted by Crippen LogP contribution is 2.39. The van der Waals surface area contributed by atoms with Crippen LogP contribution in [-0.4, -0.2) is 59.1 Å². The van der Waals surface area contributed by atoms with Crippen molar-refractivity contribution in [2.45, 2.75) is 38.8 Å². The second kappa shape index (κ2) is 12.7. The second-order valence-corrected chi connectivity index (χ2v) is 13.4. The number of hydrogen-bond acceptors (Lipinski definition) is 8. The van der Waals surface area contributed by atoms with Gasteiger partial charge in [0, 0.05) is 89.3 Å². The number of rotatable bonds is 5. The smallest absolute Gasteiger partial charge is 0.162 e. The van der Waals surface area contributed by atoms with E-state index in [1.54, 1.807) is 4.68 Å². The molecule has 1 aromatic carbocycles. The Bertz CT molecular complexity index is 2740. The van der Waals surface area contributed by atoms with Gasteiger partial charge in [0.2, 0.25) is 0 Å². The van der Waals surface area contributed by atoms with Crippen molar-refractivity contribution >= 4 is 22.1 Å². The van der Waals surface area contributed by atoms with Crippen LogP contribution in [0.25, 0.3) is 72.8 Å². The van der Waals surface area contributed by atoms with Crippen LogP contribution >= 0.6 is 0 Å². The minimum atomic E-state index is 0.850. The number of pyridine rings is 4. The van der Waals surface area contributed by atoms with Gasteiger partial charge in [0.1, 0.15) is 11.4 Å². The van der Waals surface area contributed by atoms with Crippen molar-refractivity contribution < 1.29 is 0 Å². The first kappa shape index (κ1) is 31.0. The summed E-state index contributed by atoms with van der Waals surface area (Å²) in [6.45, 7) is 1.93. The third kappa shape index (κ3) is 5.38. The molecule has 0 bridgehead atoms. The lowest BCUT2D eigenvalue weighted by Crippen LogP contribution is -1.97. The quantitative estimate of drug-likeness (QED) is 0.187. The van der Waals surface area contributed by atoms with E-state index in [1.165, 1.54) is 11.4 Å². The van der Waals surface area contributed by atoms with Crippen molar-refractivity contribution in [2.24, 2.45) is 7.05 Å². The number of aryl methyl sites for hydroxylation is 3. The molecular formula is C41H34N12. The van der Waals surface area contributed by atoms with Crippen molar-refractivity contribution in [3.05, 3.63) is 127 Å². The van der Waals surface area contributed by atoms with Gasteiger partial charge in [-0.15, -0.1) is 0 Å². The van der Waals surface area contributed by atoms with Crippen molar-refractivity contribution in [2.75, 3.05) is 0 Å². The molecule has 0 saturated carbocycles. The highest BCUT2D eigenvalue weighted by Gasteiger charge is 2.26. The van der Waals surface area contributed by atoms with E-state index in [-0.39, 0.29) is 0 Å². The monoisotopic (exact) mass is 694 g/mol. The third-order valence-corrected chi connectivity index (χ3v) is 10.1. The van der Waals surface area contributed by atoms with Gasteiger partial charge < -0.3 is 0 Å². The number of para-hydroxylation sites is 1. The Morgan fingerprint density at radius 1 is 0.547 bits per heavy atom. The van der Waals surface area contributed by atoms with Crippen molar-refractivity contribution in [3.8, 4) is 50.7 Å². The number of fused-ring (bicyclic) bond motifs is 4. The van der Waals surface area contributed by atoms with Gasteiger partial charge in [-0.1, -0.05) is 30.3 Å². The molecule has 12 nitrogen and oxygen atoms in total. The lowest BCUT2D eigenvalue weighted by molar-refractivity contribution is 0.658. The van der Waals surface area contributed by atoms with E-state index in [1.807, 2.05) is 116 Å². The molecule has 0 radical (unpaired) electrons. The molecule has 0 N–H and O–H groups in total. The fraction of sp³-hybridized carbons (Fsp3) is 0.171. The van der Waals surface area contributed by atoms with E-state index < -0.39 is 0 Å². The summed E-state index contributed by atoms with van der Waals surface area (Å²) in [6.07, 6.45) is 15.6. The molecule has 2 aliphatic rings. The first-order chi connectivity index (χ1) is 26.2. The Labute approximate surface area is 304 Å². The van der Waals surface area contributed by atoms with Gasteiger partial charge in [0.25, 0.3) is 0 Å². The summed E-state index contributed by atoms with van der Waals surface area (Å²) in [5.74, 6) is 0. The van der Waals surface area contributed by atoms with Crippen LogP contribution in [0.5, 0.6) is 0 Å². The van der Waals surface area contributed by atoms with E-state index in [0.717, 1.165) is 112 Å². The summed E-state index contributed by atoms with van der Waals surface area (Å²) in [5.41, 5.74) is 13.4. The maximum absolute atomic E-state index is 4.88. The second-order valence-electron chi connectivity index (χ2n) is 13.4. The Morgan fingerprint density at radius 2 is 1.09 bits per heavy atom. The SMILES string of the molecule is Cn1ncc2cc(-c3c(-c4ccccn4)nn4c3CCC4)cnc21.c1ccc(-n2ncc3cc(-c4c(-c5ccccn5)nn5c4CCC5)cnc32)cc1. The van der Waals surface area contributed by atoms with Crippen LogP contribution in [0.1, 0.15) is 24.2 Å². The highest BCUT2D eigenvalue weighted by molar-refractivity contribution is 5.88. The zero-order valence-electron chi connectivity index (χ0n) is 29.1. The predicted octanol–water partition coefficient (Wildman–Crippen LogP) is 7.13. The summed E-state index contributed by atoms with van der Waals surface area (Å²) in [4.78, 5) is 18.4. The number of nitrogens with zero attached hydrogens (tertiary/aromatic N) is 12. The Balaban J connectivity index is 0.000000134. The van der Waals surface area contributed by atoms with Crippen LogP contribution in [0.4, 0.5) is 0 Å². The van der Waals surface area contributed by atoms with Gasteiger partial charge in [-0.3, -0.25) is 24.0 Å². The normalized spacial score (nSPS) is 13.3. The van der Waals surface area contributed by atoms with Crippen LogP contribution in [-0.2, 0) is 33.0 Å². The zero-order valence-corrected chi connectivity index (χ0v) is 29.1. The lowest BCUT2D eigenvalue weighted by Gasteiger charge is -2.06. The molecule has 0 atom stereocenters. The molecule has 12 heteroatoms. The molecular weight excluding hydrogens is 661 g/mol. The maximum Gasteiger partial charge on any atom is 0.162 e. The molecule has 0 aliphatic carbocycles. The fourth-order valence-electron chi connectivity index (χ4n) is 7.63. The van der Waals surface area contributed by atoms with Gasteiger partial charge in [-0.2, -0.15) is 20.4 Å². The van der Waals surface area contributed by atoms with Gasteiger partial charge >= 0.3 is 0 Å². The summed E-state index contributed by atoms with van der Waals surface area (Å²) in [5, 5.41) is 20.6. The molecule has 8 aromatic heterocycles. The van der Waals surface area contributed by atoms with Crippen molar-refractivity contribution in [1.82, 2.24) is 59.1 Å². The van der Waals surface area contributed by atoms with Crippen LogP contribution in [0.15, 0.2) is 116 Å². The van der Waals surface area contributed by atoms with E-state index in [9.17, 15) is 0 Å².